The van der Waals surface area contributed by atoms with Gasteiger partial charge in [-0.15, -0.1) is 24.0 Å². The first-order valence-electron chi connectivity index (χ1n) is 8.81. The molecule has 3 aromatic rings. The molecule has 0 unspecified atom stereocenters. The van der Waals surface area contributed by atoms with Crippen molar-refractivity contribution in [3.63, 3.8) is 0 Å². The number of hydrogen-bond acceptors (Lipinski definition) is 2. The van der Waals surface area contributed by atoms with Gasteiger partial charge in [0.25, 0.3) is 0 Å². The summed E-state index contributed by atoms with van der Waals surface area (Å²) in [6, 6.07) is 16.8. The van der Waals surface area contributed by atoms with E-state index in [2.05, 4.69) is 57.8 Å². The molecule has 5 heteroatoms. The number of pyridine rings is 1. The van der Waals surface area contributed by atoms with Crippen molar-refractivity contribution in [3.8, 4) is 0 Å². The summed E-state index contributed by atoms with van der Waals surface area (Å²) in [6.45, 7) is 0.638. The van der Waals surface area contributed by atoms with Crippen LogP contribution in [0.2, 0.25) is 0 Å². The number of nitrogens with one attached hydrogen (secondary N) is 1. The number of aliphatic imine (C=N–C) groups is 1. The van der Waals surface area contributed by atoms with Crippen molar-refractivity contribution < 1.29 is 0 Å². The van der Waals surface area contributed by atoms with E-state index in [9.17, 15) is 0 Å². The maximum absolute atomic E-state index is 6.05. The normalized spacial score (nSPS) is 13.3. The van der Waals surface area contributed by atoms with Crippen LogP contribution in [0.3, 0.4) is 0 Å². The average molecular weight is 458 g/mol. The Hall–Kier alpha value is -2.15. The number of fused-ring (bicyclic) bond motifs is 2. The zero-order valence-electron chi connectivity index (χ0n) is 14.6. The van der Waals surface area contributed by atoms with Crippen molar-refractivity contribution in [3.05, 3.63) is 71.4 Å². The third-order valence-electron chi connectivity index (χ3n) is 4.75. The predicted molar refractivity (Wildman–Crippen MR) is 119 cm³/mol. The molecule has 1 heterocycles. The summed E-state index contributed by atoms with van der Waals surface area (Å²) in [5.74, 6) is 0.464. The number of rotatable bonds is 4. The summed E-state index contributed by atoms with van der Waals surface area (Å²) in [7, 11) is 0. The molecule has 0 spiro atoms. The van der Waals surface area contributed by atoms with Gasteiger partial charge in [-0.2, -0.15) is 0 Å². The van der Waals surface area contributed by atoms with E-state index in [1.807, 2.05) is 12.3 Å². The van der Waals surface area contributed by atoms with Crippen molar-refractivity contribution in [2.75, 3.05) is 11.9 Å². The van der Waals surface area contributed by atoms with E-state index in [0.29, 0.717) is 12.5 Å². The highest BCUT2D eigenvalue weighted by molar-refractivity contribution is 14.0. The fourth-order valence-electron chi connectivity index (χ4n) is 3.50. The van der Waals surface area contributed by atoms with Crippen LogP contribution in [0.25, 0.3) is 10.9 Å². The van der Waals surface area contributed by atoms with Crippen LogP contribution < -0.4 is 11.1 Å². The number of hydrogen-bond donors (Lipinski definition) is 2. The summed E-state index contributed by atoms with van der Waals surface area (Å²) in [6.07, 6.45) is 6.26. The predicted octanol–water partition coefficient (Wildman–Crippen LogP) is 4.31. The first kappa shape index (κ1) is 18.6. The number of halogens is 1. The highest BCUT2D eigenvalue weighted by Crippen LogP contribution is 2.24. The van der Waals surface area contributed by atoms with Crippen molar-refractivity contribution in [2.45, 2.75) is 25.7 Å². The van der Waals surface area contributed by atoms with E-state index in [1.165, 1.54) is 29.5 Å². The molecule has 0 amide bonds. The number of guanidine groups is 1. The second-order valence-electron chi connectivity index (χ2n) is 6.47. The van der Waals surface area contributed by atoms with E-state index in [1.54, 1.807) is 0 Å². The fourth-order valence-corrected chi connectivity index (χ4v) is 3.50. The molecule has 26 heavy (non-hydrogen) atoms. The summed E-state index contributed by atoms with van der Waals surface area (Å²) in [5.41, 5.74) is 12.2. The van der Waals surface area contributed by atoms with Crippen LogP contribution in [0.5, 0.6) is 0 Å². The molecule has 2 aromatic carbocycles. The van der Waals surface area contributed by atoms with E-state index in [0.717, 1.165) is 29.4 Å². The summed E-state index contributed by atoms with van der Waals surface area (Å²) in [4.78, 5) is 8.96. The summed E-state index contributed by atoms with van der Waals surface area (Å²) in [5, 5.41) is 4.37. The SMILES string of the molecule is I.NC(=NCCc1cccc2cccnc12)Nc1ccc2c(c1)CCC2. The zero-order valence-corrected chi connectivity index (χ0v) is 16.9. The molecule has 134 valence electrons. The minimum absolute atomic E-state index is 0. The molecule has 1 aromatic heterocycles. The lowest BCUT2D eigenvalue weighted by Crippen LogP contribution is -2.23. The van der Waals surface area contributed by atoms with Gasteiger partial charge < -0.3 is 11.1 Å². The van der Waals surface area contributed by atoms with Crippen LogP contribution in [0.4, 0.5) is 5.69 Å². The van der Waals surface area contributed by atoms with Gasteiger partial charge >= 0.3 is 0 Å². The highest BCUT2D eigenvalue weighted by Gasteiger charge is 2.10. The summed E-state index contributed by atoms with van der Waals surface area (Å²) < 4.78 is 0. The van der Waals surface area contributed by atoms with Crippen LogP contribution >= 0.6 is 24.0 Å². The molecule has 0 atom stereocenters. The van der Waals surface area contributed by atoms with Crippen LogP contribution in [-0.4, -0.2) is 17.5 Å². The van der Waals surface area contributed by atoms with Gasteiger partial charge in [0.1, 0.15) is 0 Å². The second kappa shape index (κ2) is 8.49. The van der Waals surface area contributed by atoms with Gasteiger partial charge in [-0.05, 0) is 60.6 Å². The molecule has 4 rings (SSSR count). The maximum atomic E-state index is 6.05. The average Bonchev–Trinajstić information content (AvgIpc) is 3.10. The van der Waals surface area contributed by atoms with Crippen LogP contribution in [-0.2, 0) is 19.3 Å². The molecule has 4 nitrogen and oxygen atoms in total. The van der Waals surface area contributed by atoms with E-state index >= 15 is 0 Å². The first-order chi connectivity index (χ1) is 12.3. The number of benzene rings is 2. The summed E-state index contributed by atoms with van der Waals surface area (Å²) >= 11 is 0. The Morgan fingerprint density at radius 1 is 1.08 bits per heavy atom. The number of para-hydroxylation sites is 1. The second-order valence-corrected chi connectivity index (χ2v) is 6.47. The van der Waals surface area contributed by atoms with Crippen molar-refractivity contribution in [2.24, 2.45) is 10.7 Å². The lowest BCUT2D eigenvalue weighted by Gasteiger charge is -2.08. The lowest BCUT2D eigenvalue weighted by molar-refractivity contribution is 0.912. The third-order valence-corrected chi connectivity index (χ3v) is 4.75. The minimum atomic E-state index is 0. The molecular weight excluding hydrogens is 435 g/mol. The molecule has 1 aliphatic carbocycles. The Morgan fingerprint density at radius 3 is 2.85 bits per heavy atom. The number of nitrogens with two attached hydrogens (primary N) is 1. The minimum Gasteiger partial charge on any atom is -0.370 e. The Balaban J connectivity index is 0.00000196. The highest BCUT2D eigenvalue weighted by atomic mass is 127. The maximum Gasteiger partial charge on any atom is 0.193 e. The Kier molecular flexibility index (Phi) is 6.08. The Labute approximate surface area is 171 Å². The Bertz CT molecular complexity index is 931. The quantitative estimate of drug-likeness (QED) is 0.348. The molecule has 0 saturated heterocycles. The lowest BCUT2D eigenvalue weighted by atomic mass is 10.1. The van der Waals surface area contributed by atoms with Crippen LogP contribution in [0.1, 0.15) is 23.1 Å². The van der Waals surface area contributed by atoms with Crippen LogP contribution in [0, 0.1) is 0 Å². The number of aromatic nitrogens is 1. The molecule has 0 saturated carbocycles. The first-order valence-corrected chi connectivity index (χ1v) is 8.81. The van der Waals surface area contributed by atoms with Crippen molar-refractivity contribution in [1.29, 1.82) is 0 Å². The largest absolute Gasteiger partial charge is 0.370 e. The fraction of sp³-hybridized carbons (Fsp3) is 0.238. The van der Waals surface area contributed by atoms with Crippen molar-refractivity contribution >= 4 is 46.5 Å². The molecule has 3 N–H and O–H groups in total. The van der Waals surface area contributed by atoms with Gasteiger partial charge in [0.05, 0.1) is 5.52 Å². The van der Waals surface area contributed by atoms with Gasteiger partial charge in [0.15, 0.2) is 5.96 Å². The Morgan fingerprint density at radius 2 is 1.92 bits per heavy atom. The number of aryl methyl sites for hydroxylation is 2. The van der Waals surface area contributed by atoms with E-state index in [-0.39, 0.29) is 24.0 Å². The van der Waals surface area contributed by atoms with Gasteiger partial charge in [0.2, 0.25) is 0 Å². The smallest absolute Gasteiger partial charge is 0.193 e. The third kappa shape index (κ3) is 4.15. The molecular formula is C21H23IN4. The van der Waals surface area contributed by atoms with Gasteiger partial charge in [-0.1, -0.05) is 30.3 Å². The molecule has 0 aliphatic heterocycles. The van der Waals surface area contributed by atoms with E-state index in [4.69, 9.17) is 5.73 Å². The zero-order chi connectivity index (χ0) is 17.1. The van der Waals surface area contributed by atoms with Crippen LogP contribution in [0.15, 0.2) is 59.7 Å². The standard InChI is InChI=1S/C21H22N4.HI/c22-21(25-19-10-9-15-4-1-7-18(15)14-19)24-13-11-17-6-2-5-16-8-3-12-23-20(16)17;/h2-3,5-6,8-10,12,14H,1,4,7,11,13H2,(H3,22,24,25);1H. The molecule has 1 aliphatic rings. The topological polar surface area (TPSA) is 63.3 Å². The number of anilines is 1. The molecule has 0 radical (unpaired) electrons. The van der Waals surface area contributed by atoms with E-state index < -0.39 is 0 Å². The van der Waals surface area contributed by atoms with Gasteiger partial charge in [-0.3, -0.25) is 9.98 Å². The molecule has 0 fully saturated rings. The van der Waals surface area contributed by atoms with Gasteiger partial charge in [-0.25, -0.2) is 0 Å². The number of nitrogens with zero attached hydrogens (tertiary/aromatic N) is 2. The van der Waals surface area contributed by atoms with Gasteiger partial charge in [0, 0.05) is 23.8 Å². The molecule has 0 bridgehead atoms. The van der Waals surface area contributed by atoms with Crippen molar-refractivity contribution in [1.82, 2.24) is 4.98 Å². The monoisotopic (exact) mass is 458 g/mol.